The SMILES string of the molecule is CC/C=C\C/C=C\C/C=C\C/C=C\C/C=C\C/C=C\CCCCCCCCC(=O)OC1C(OCC(NC(=O)C(O)CCCCCCC/C=C\C/C=C\C/C=C\CCCCC)C(O)/C=C/CCCCCCCCCCCCC)OC(CO)C(O)C1O. The van der Waals surface area contributed by atoms with Crippen molar-refractivity contribution in [2.75, 3.05) is 13.2 Å². The van der Waals surface area contributed by atoms with Crippen molar-refractivity contribution >= 4 is 11.9 Å². The molecule has 0 aromatic rings. The van der Waals surface area contributed by atoms with Crippen LogP contribution in [-0.2, 0) is 23.8 Å². The molecule has 1 aliphatic heterocycles. The Hall–Kier alpha value is -3.94. The number of nitrogens with one attached hydrogen (secondary N) is 1. The quantitative estimate of drug-likeness (QED) is 0.0195. The van der Waals surface area contributed by atoms with Gasteiger partial charge in [-0.2, -0.15) is 0 Å². The van der Waals surface area contributed by atoms with Crippen LogP contribution in [0.3, 0.4) is 0 Å². The van der Waals surface area contributed by atoms with Gasteiger partial charge >= 0.3 is 5.97 Å². The third-order valence-corrected chi connectivity index (χ3v) is 15.3. The minimum atomic E-state index is -1.63. The van der Waals surface area contributed by atoms with E-state index in [2.05, 4.69) is 135 Å². The fourth-order valence-corrected chi connectivity index (χ4v) is 9.96. The van der Waals surface area contributed by atoms with Crippen molar-refractivity contribution in [1.82, 2.24) is 5.32 Å². The summed E-state index contributed by atoms with van der Waals surface area (Å²) in [6.07, 6.45) is 73.6. The van der Waals surface area contributed by atoms with Gasteiger partial charge in [-0.1, -0.05) is 271 Å². The molecule has 85 heavy (non-hydrogen) atoms. The summed E-state index contributed by atoms with van der Waals surface area (Å²) in [7, 11) is 0. The van der Waals surface area contributed by atoms with Crippen LogP contribution >= 0.6 is 0 Å². The number of amides is 1. The van der Waals surface area contributed by atoms with Crippen molar-refractivity contribution in [2.24, 2.45) is 0 Å². The van der Waals surface area contributed by atoms with Crippen molar-refractivity contribution < 1.29 is 49.3 Å². The molecular formula is C74H125NO10. The van der Waals surface area contributed by atoms with Crippen LogP contribution in [0, 0.1) is 0 Å². The highest BCUT2D eigenvalue weighted by Gasteiger charge is 2.47. The van der Waals surface area contributed by atoms with E-state index in [0.29, 0.717) is 12.8 Å². The molecule has 486 valence electrons. The number of aliphatic hydroxyl groups excluding tert-OH is 5. The largest absolute Gasteiger partial charge is 0.454 e. The molecule has 0 spiro atoms. The van der Waals surface area contributed by atoms with Gasteiger partial charge in [0, 0.05) is 6.42 Å². The van der Waals surface area contributed by atoms with E-state index < -0.39 is 67.4 Å². The van der Waals surface area contributed by atoms with Crippen LogP contribution < -0.4 is 5.32 Å². The topological polar surface area (TPSA) is 175 Å². The molecule has 1 amide bonds. The van der Waals surface area contributed by atoms with Crippen molar-refractivity contribution in [3.8, 4) is 0 Å². The lowest BCUT2D eigenvalue weighted by atomic mass is 9.99. The Morgan fingerprint density at radius 1 is 0.471 bits per heavy atom. The van der Waals surface area contributed by atoms with Crippen molar-refractivity contribution in [1.29, 1.82) is 0 Å². The first-order chi connectivity index (χ1) is 41.7. The van der Waals surface area contributed by atoms with E-state index in [0.717, 1.165) is 141 Å². The van der Waals surface area contributed by atoms with Crippen molar-refractivity contribution in [2.45, 2.75) is 320 Å². The minimum Gasteiger partial charge on any atom is -0.454 e. The number of allylic oxidation sites excluding steroid dienone is 19. The van der Waals surface area contributed by atoms with Crippen molar-refractivity contribution in [3.63, 3.8) is 0 Å². The molecule has 1 aliphatic rings. The zero-order valence-electron chi connectivity index (χ0n) is 53.9. The van der Waals surface area contributed by atoms with E-state index in [9.17, 15) is 35.1 Å². The highest BCUT2D eigenvalue weighted by atomic mass is 16.7. The zero-order valence-corrected chi connectivity index (χ0v) is 53.9. The first-order valence-electron chi connectivity index (χ1n) is 34.3. The maximum atomic E-state index is 13.5. The van der Waals surface area contributed by atoms with E-state index in [1.54, 1.807) is 6.08 Å². The molecule has 0 aliphatic carbocycles. The molecule has 0 aromatic heterocycles. The van der Waals surface area contributed by atoms with Gasteiger partial charge in [-0.25, -0.2) is 0 Å². The average Bonchev–Trinajstić information content (AvgIpc) is 3.34. The summed E-state index contributed by atoms with van der Waals surface area (Å²) in [6.45, 7) is 5.64. The van der Waals surface area contributed by atoms with Crippen LogP contribution in [0.25, 0.3) is 0 Å². The Labute approximate surface area is 519 Å². The highest BCUT2D eigenvalue weighted by molar-refractivity contribution is 5.80. The van der Waals surface area contributed by atoms with Crippen LogP contribution in [0.5, 0.6) is 0 Å². The summed E-state index contributed by atoms with van der Waals surface area (Å²) in [4.78, 5) is 26.7. The lowest BCUT2D eigenvalue weighted by molar-refractivity contribution is -0.305. The number of ether oxygens (including phenoxy) is 3. The second-order valence-electron chi connectivity index (χ2n) is 23.2. The Morgan fingerprint density at radius 2 is 0.847 bits per heavy atom. The number of hydrogen-bond donors (Lipinski definition) is 6. The zero-order chi connectivity index (χ0) is 61.7. The second kappa shape index (κ2) is 60.3. The Kier molecular flexibility index (Phi) is 56.1. The van der Waals surface area contributed by atoms with Gasteiger partial charge in [0.25, 0.3) is 0 Å². The van der Waals surface area contributed by atoms with E-state index in [1.807, 2.05) is 6.08 Å². The van der Waals surface area contributed by atoms with E-state index in [1.165, 1.54) is 83.5 Å². The molecule has 1 rings (SSSR count). The Bertz CT molecular complexity index is 1850. The molecule has 0 radical (unpaired) electrons. The summed E-state index contributed by atoms with van der Waals surface area (Å²) in [5.41, 5.74) is 0. The van der Waals surface area contributed by atoms with Gasteiger partial charge in [0.15, 0.2) is 12.4 Å². The number of carbonyl (C=O) groups is 2. The van der Waals surface area contributed by atoms with Crippen LogP contribution in [0.15, 0.2) is 122 Å². The summed E-state index contributed by atoms with van der Waals surface area (Å²) in [5.74, 6) is -1.23. The van der Waals surface area contributed by atoms with Crippen molar-refractivity contribution in [3.05, 3.63) is 122 Å². The molecule has 11 nitrogen and oxygen atoms in total. The number of rotatable bonds is 57. The smallest absolute Gasteiger partial charge is 0.306 e. The fraction of sp³-hybridized carbons (Fsp3) is 0.703. The molecular weight excluding hydrogens is 1060 g/mol. The molecule has 0 aromatic carbocycles. The normalized spacial score (nSPS) is 19.2. The Morgan fingerprint density at radius 3 is 1.29 bits per heavy atom. The van der Waals surface area contributed by atoms with E-state index in [-0.39, 0.29) is 19.4 Å². The molecule has 8 unspecified atom stereocenters. The van der Waals surface area contributed by atoms with E-state index >= 15 is 0 Å². The Balaban J connectivity index is 2.65. The second-order valence-corrected chi connectivity index (χ2v) is 23.2. The summed E-state index contributed by atoms with van der Waals surface area (Å²) in [5, 5.41) is 57.2. The minimum absolute atomic E-state index is 0.0977. The predicted octanol–water partition coefficient (Wildman–Crippen LogP) is 17.4. The first kappa shape index (κ1) is 79.1. The summed E-state index contributed by atoms with van der Waals surface area (Å²) in [6, 6.07) is -1.04. The molecule has 1 heterocycles. The van der Waals surface area contributed by atoms with Gasteiger partial charge in [0.05, 0.1) is 25.4 Å². The van der Waals surface area contributed by atoms with Crippen LogP contribution in [0.4, 0.5) is 0 Å². The predicted molar refractivity (Wildman–Crippen MR) is 356 cm³/mol. The number of esters is 1. The summed E-state index contributed by atoms with van der Waals surface area (Å²) < 4.78 is 17.7. The van der Waals surface area contributed by atoms with E-state index in [4.69, 9.17) is 14.2 Å². The lowest BCUT2D eigenvalue weighted by Crippen LogP contribution is -2.61. The molecule has 0 bridgehead atoms. The third kappa shape index (κ3) is 47.8. The van der Waals surface area contributed by atoms with Gasteiger partial charge in [0.2, 0.25) is 5.91 Å². The average molecular weight is 1190 g/mol. The molecule has 1 fully saturated rings. The maximum Gasteiger partial charge on any atom is 0.306 e. The lowest BCUT2D eigenvalue weighted by Gasteiger charge is -2.41. The van der Waals surface area contributed by atoms with Crippen LogP contribution in [0.2, 0.25) is 0 Å². The van der Waals surface area contributed by atoms with Gasteiger partial charge in [0.1, 0.15) is 24.4 Å². The molecule has 8 atom stereocenters. The first-order valence-corrected chi connectivity index (χ1v) is 34.3. The fourth-order valence-electron chi connectivity index (χ4n) is 9.96. The highest BCUT2D eigenvalue weighted by Crippen LogP contribution is 2.26. The monoisotopic (exact) mass is 1190 g/mol. The summed E-state index contributed by atoms with van der Waals surface area (Å²) >= 11 is 0. The van der Waals surface area contributed by atoms with Gasteiger partial charge in [-0.05, 0) is 116 Å². The third-order valence-electron chi connectivity index (χ3n) is 15.3. The number of hydrogen-bond acceptors (Lipinski definition) is 10. The number of carbonyl (C=O) groups excluding carboxylic acids is 2. The molecule has 0 saturated carbocycles. The van der Waals surface area contributed by atoms with Gasteiger partial charge in [-0.15, -0.1) is 0 Å². The van der Waals surface area contributed by atoms with Gasteiger partial charge < -0.3 is 45.1 Å². The molecule has 1 saturated heterocycles. The van der Waals surface area contributed by atoms with Crippen LogP contribution in [0.1, 0.15) is 271 Å². The molecule has 11 heteroatoms. The number of unbranched alkanes of at least 4 members (excludes halogenated alkanes) is 25. The van der Waals surface area contributed by atoms with Gasteiger partial charge in [-0.3, -0.25) is 9.59 Å². The maximum absolute atomic E-state index is 13.5. The number of aliphatic hydroxyl groups is 5. The van der Waals surface area contributed by atoms with Crippen LogP contribution in [-0.4, -0.2) is 99.6 Å². The standard InChI is InChI=1S/C74H125NO10/c1-4-7-10-13-16-19-22-25-27-29-31-32-33-34-35-36-37-39-41-44-47-50-53-56-59-62-69(79)85-72-71(81)70(80)68(63-76)84-74(72)83-64-65(66(77)60-57-54-51-48-45-42-24-21-18-15-12-9-6-3)75-73(82)67(78)61-58-55-52-49-46-43-40-38-30-28-26-23-20-17-14-11-8-5-2/h7,10,16-17,19-20,25-28,31-32,34-35,37-40,57,60,65-68,70-72,74,76-78,80-81H,4-6,8-9,11-15,18,21-24,29-30,33,36,41-56,58-59,61-64H2,1-3H3,(H,75,82)/b10-7-,19-16-,20-17-,27-25-,28-26-,32-31-,35-34-,39-37-,40-38-,60-57+. The molecule has 6 N–H and O–H groups in total.